The van der Waals surface area contributed by atoms with E-state index in [2.05, 4.69) is 0 Å². The van der Waals surface area contributed by atoms with Gasteiger partial charge in [0.2, 0.25) is 15.9 Å². The maximum absolute atomic E-state index is 13.6. The van der Waals surface area contributed by atoms with Gasteiger partial charge in [0.15, 0.2) is 9.84 Å². The fourth-order valence-corrected chi connectivity index (χ4v) is 7.46. The summed E-state index contributed by atoms with van der Waals surface area (Å²) in [6, 6.07) is 13.5. The van der Waals surface area contributed by atoms with Crippen molar-refractivity contribution >= 4 is 25.8 Å². The zero-order valence-corrected chi connectivity index (χ0v) is 21.4. The van der Waals surface area contributed by atoms with Crippen LogP contribution >= 0.6 is 0 Å². The quantitative estimate of drug-likeness (QED) is 0.518. The molecule has 1 unspecified atom stereocenters. The Labute approximate surface area is 207 Å². The number of rotatable bonds is 8. The minimum atomic E-state index is -3.97. The number of sulfonamides is 1. The molecule has 0 N–H and O–H groups in total. The Morgan fingerprint density at radius 2 is 1.60 bits per heavy atom. The van der Waals surface area contributed by atoms with Gasteiger partial charge in [-0.15, -0.1) is 0 Å². The third-order valence-corrected chi connectivity index (χ3v) is 10.2. The van der Waals surface area contributed by atoms with Gasteiger partial charge in [-0.2, -0.15) is 4.31 Å². The van der Waals surface area contributed by atoms with Crippen LogP contribution in [0.1, 0.15) is 12.8 Å². The van der Waals surface area contributed by atoms with Crippen LogP contribution in [0.3, 0.4) is 0 Å². The normalized spacial score (nSPS) is 20.1. The van der Waals surface area contributed by atoms with Crippen LogP contribution < -0.4 is 4.74 Å². The molecule has 11 heteroatoms. The molecule has 0 spiro atoms. The molecule has 2 aliphatic rings. The van der Waals surface area contributed by atoms with Crippen LogP contribution in [-0.4, -0.2) is 95.0 Å². The molecule has 2 aromatic carbocycles. The van der Waals surface area contributed by atoms with Gasteiger partial charge in [0, 0.05) is 45.3 Å². The second-order valence-electron chi connectivity index (χ2n) is 8.78. The van der Waals surface area contributed by atoms with Crippen LogP contribution in [0.5, 0.6) is 5.75 Å². The number of piperazine rings is 1. The van der Waals surface area contributed by atoms with Crippen LogP contribution in [0.2, 0.25) is 0 Å². The minimum absolute atomic E-state index is 0.0659. The monoisotopic (exact) mass is 521 g/mol. The Bertz CT molecular complexity index is 1250. The number of sulfone groups is 1. The zero-order valence-electron chi connectivity index (χ0n) is 19.7. The van der Waals surface area contributed by atoms with Crippen molar-refractivity contribution in [3.63, 3.8) is 0 Å². The Morgan fingerprint density at radius 3 is 2.29 bits per heavy atom. The van der Waals surface area contributed by atoms with Crippen molar-refractivity contribution in [2.24, 2.45) is 0 Å². The lowest BCUT2D eigenvalue weighted by Gasteiger charge is -2.40. The molecule has 1 amide bonds. The molecule has 2 aromatic rings. The zero-order chi connectivity index (χ0) is 25.1. The van der Waals surface area contributed by atoms with Gasteiger partial charge in [0.25, 0.3) is 0 Å². The van der Waals surface area contributed by atoms with Crippen LogP contribution in [-0.2, 0) is 24.7 Å². The van der Waals surface area contributed by atoms with Gasteiger partial charge in [0.05, 0.1) is 22.7 Å². The number of carbonyl (C=O) groups is 1. The van der Waals surface area contributed by atoms with E-state index in [1.165, 1.54) is 23.5 Å². The highest BCUT2D eigenvalue weighted by atomic mass is 32.2. The summed E-state index contributed by atoms with van der Waals surface area (Å²) < 4.78 is 59.1. The summed E-state index contributed by atoms with van der Waals surface area (Å²) in [4.78, 5) is 17.3. The second kappa shape index (κ2) is 10.7. The van der Waals surface area contributed by atoms with Gasteiger partial charge < -0.3 is 9.64 Å². The van der Waals surface area contributed by atoms with Gasteiger partial charge in [-0.05, 0) is 37.1 Å². The Kier molecular flexibility index (Phi) is 7.80. The van der Waals surface area contributed by atoms with E-state index in [1.54, 1.807) is 47.4 Å². The molecule has 0 aliphatic carbocycles. The van der Waals surface area contributed by atoms with Crippen molar-refractivity contribution in [3.8, 4) is 5.75 Å². The van der Waals surface area contributed by atoms with Crippen molar-refractivity contribution in [2.45, 2.75) is 28.7 Å². The highest BCUT2D eigenvalue weighted by Gasteiger charge is 2.42. The third kappa shape index (κ3) is 5.69. The number of hydrogen-bond donors (Lipinski definition) is 0. The number of amides is 1. The molecular weight excluding hydrogens is 490 g/mol. The van der Waals surface area contributed by atoms with E-state index in [9.17, 15) is 21.6 Å². The van der Waals surface area contributed by atoms with Gasteiger partial charge in [-0.3, -0.25) is 9.69 Å². The lowest BCUT2D eigenvalue weighted by Crippen LogP contribution is -2.61. The maximum atomic E-state index is 13.6. The molecule has 2 aliphatic heterocycles. The van der Waals surface area contributed by atoms with Crippen LogP contribution in [0.15, 0.2) is 64.4 Å². The first-order chi connectivity index (χ1) is 16.7. The van der Waals surface area contributed by atoms with Crippen molar-refractivity contribution in [2.75, 3.05) is 52.1 Å². The molecule has 0 radical (unpaired) electrons. The summed E-state index contributed by atoms with van der Waals surface area (Å²) in [6.07, 6.45) is 1.78. The standard InChI is InChI=1S/C24H31N3O6S2/c1-33-20-8-7-11-22(18-20)35(31,32)27-15-14-25(19-23(27)24(28)26-12-5-6-13-26)16-17-34(29,30)21-9-3-2-4-10-21/h2-4,7-11,18,23H,5-6,12-17,19H2,1H3. The van der Waals surface area contributed by atoms with Crippen LogP contribution in [0.4, 0.5) is 0 Å². The van der Waals surface area contributed by atoms with E-state index in [1.807, 2.05) is 4.90 Å². The van der Waals surface area contributed by atoms with Crippen LogP contribution in [0.25, 0.3) is 0 Å². The molecule has 0 saturated carbocycles. The summed E-state index contributed by atoms with van der Waals surface area (Å²) in [5, 5.41) is 0. The van der Waals surface area contributed by atoms with E-state index in [0.717, 1.165) is 12.8 Å². The van der Waals surface area contributed by atoms with E-state index in [-0.39, 0.29) is 41.1 Å². The highest BCUT2D eigenvalue weighted by molar-refractivity contribution is 7.91. The minimum Gasteiger partial charge on any atom is -0.497 e. The average molecular weight is 522 g/mol. The van der Waals surface area contributed by atoms with Gasteiger partial charge in [0.1, 0.15) is 11.8 Å². The molecule has 9 nitrogen and oxygen atoms in total. The summed E-state index contributed by atoms with van der Waals surface area (Å²) >= 11 is 0. The Balaban J connectivity index is 1.55. The molecule has 4 rings (SSSR count). The lowest BCUT2D eigenvalue weighted by molar-refractivity contribution is -0.136. The van der Waals surface area contributed by atoms with Gasteiger partial charge >= 0.3 is 0 Å². The molecule has 0 bridgehead atoms. The first kappa shape index (κ1) is 25.6. The fourth-order valence-electron chi connectivity index (χ4n) is 4.56. The molecular formula is C24H31N3O6S2. The summed E-state index contributed by atoms with van der Waals surface area (Å²) in [5.74, 6) is 0.0763. The van der Waals surface area contributed by atoms with Crippen LogP contribution in [0, 0.1) is 0 Å². The number of hydrogen-bond acceptors (Lipinski definition) is 7. The van der Waals surface area contributed by atoms with E-state index < -0.39 is 25.9 Å². The predicted molar refractivity (Wildman–Crippen MR) is 131 cm³/mol. The number of benzene rings is 2. The highest BCUT2D eigenvalue weighted by Crippen LogP contribution is 2.26. The second-order valence-corrected chi connectivity index (χ2v) is 12.8. The van der Waals surface area contributed by atoms with E-state index in [4.69, 9.17) is 4.74 Å². The van der Waals surface area contributed by atoms with Crippen molar-refractivity contribution < 1.29 is 26.4 Å². The Hall–Kier alpha value is -2.47. The molecule has 0 aromatic heterocycles. The van der Waals surface area contributed by atoms with Crippen molar-refractivity contribution in [1.82, 2.24) is 14.1 Å². The SMILES string of the molecule is COc1cccc(S(=O)(=O)N2CCN(CCS(=O)(=O)c3ccccc3)CC2C(=O)N2CCCC2)c1. The largest absolute Gasteiger partial charge is 0.497 e. The topological polar surface area (TPSA) is 104 Å². The maximum Gasteiger partial charge on any atom is 0.244 e. The van der Waals surface area contributed by atoms with Crippen molar-refractivity contribution in [3.05, 3.63) is 54.6 Å². The first-order valence-electron chi connectivity index (χ1n) is 11.7. The number of carbonyl (C=O) groups excluding carboxylic acids is 1. The molecule has 2 fully saturated rings. The number of methoxy groups -OCH3 is 1. The fraction of sp³-hybridized carbons (Fsp3) is 0.458. The van der Waals surface area contributed by atoms with Gasteiger partial charge in [-0.1, -0.05) is 24.3 Å². The Morgan fingerprint density at radius 1 is 0.914 bits per heavy atom. The number of ether oxygens (including phenoxy) is 1. The summed E-state index contributed by atoms with van der Waals surface area (Å²) in [5.41, 5.74) is 0. The molecule has 190 valence electrons. The molecule has 35 heavy (non-hydrogen) atoms. The third-order valence-electron chi connectivity index (χ3n) is 6.54. The molecule has 1 atom stereocenters. The number of nitrogens with zero attached hydrogens (tertiary/aromatic N) is 3. The molecule has 2 saturated heterocycles. The number of likely N-dealkylation sites (tertiary alicyclic amines) is 1. The lowest BCUT2D eigenvalue weighted by atomic mass is 10.2. The average Bonchev–Trinajstić information content (AvgIpc) is 3.42. The van der Waals surface area contributed by atoms with Crippen molar-refractivity contribution in [1.29, 1.82) is 0 Å². The smallest absolute Gasteiger partial charge is 0.244 e. The van der Waals surface area contributed by atoms with E-state index in [0.29, 0.717) is 25.4 Å². The predicted octanol–water partition coefficient (Wildman–Crippen LogP) is 1.47. The van der Waals surface area contributed by atoms with E-state index >= 15 is 0 Å². The summed E-state index contributed by atoms with van der Waals surface area (Å²) in [6.45, 7) is 1.99. The summed E-state index contributed by atoms with van der Waals surface area (Å²) in [7, 11) is -5.99. The molecule has 2 heterocycles. The first-order valence-corrected chi connectivity index (χ1v) is 14.8. The van der Waals surface area contributed by atoms with Gasteiger partial charge in [-0.25, -0.2) is 16.8 Å².